The third kappa shape index (κ3) is 2.25. The van der Waals surface area contributed by atoms with Crippen LogP contribution in [0.1, 0.15) is 6.92 Å². The minimum Gasteiger partial charge on any atom is -0.298 e. The summed E-state index contributed by atoms with van der Waals surface area (Å²) in [4.78, 5) is 14.8. The topological polar surface area (TPSA) is 60.7 Å². The molecule has 0 unspecified atom stereocenters. The molecular weight excluding hydrogens is 192 g/mol. The van der Waals surface area contributed by atoms with Crippen LogP contribution in [-0.4, -0.2) is 25.8 Å². The Morgan fingerprint density at radius 1 is 1.40 bits per heavy atom. The van der Waals surface area contributed by atoms with Crippen molar-refractivity contribution in [2.75, 3.05) is 0 Å². The van der Waals surface area contributed by atoms with Gasteiger partial charge in [-0.3, -0.25) is 9.78 Å². The highest BCUT2D eigenvalue weighted by atomic mass is 16.1. The van der Waals surface area contributed by atoms with Crippen molar-refractivity contribution in [3.8, 4) is 11.3 Å². The molecule has 2 heterocycles. The number of carbonyl (C=O) groups excluding carboxylic acids is 1. The average molecular weight is 202 g/mol. The van der Waals surface area contributed by atoms with Gasteiger partial charge in [-0.1, -0.05) is 5.21 Å². The Balaban J connectivity index is 2.24. The summed E-state index contributed by atoms with van der Waals surface area (Å²) in [7, 11) is 0. The summed E-state index contributed by atoms with van der Waals surface area (Å²) in [5.41, 5.74) is 1.69. The first-order valence-corrected chi connectivity index (χ1v) is 4.55. The van der Waals surface area contributed by atoms with E-state index in [1.54, 1.807) is 18.6 Å². The summed E-state index contributed by atoms with van der Waals surface area (Å²) in [5.74, 6) is 0.0566. The van der Waals surface area contributed by atoms with Crippen LogP contribution in [0.3, 0.4) is 0 Å². The highest BCUT2D eigenvalue weighted by Crippen LogP contribution is 2.13. The van der Waals surface area contributed by atoms with E-state index in [9.17, 15) is 4.79 Å². The second-order valence-corrected chi connectivity index (χ2v) is 3.24. The highest BCUT2D eigenvalue weighted by molar-refractivity contribution is 5.75. The zero-order chi connectivity index (χ0) is 10.7. The number of carbonyl (C=O) groups is 1. The van der Waals surface area contributed by atoms with Gasteiger partial charge in [0.2, 0.25) is 0 Å². The smallest absolute Gasteiger partial charge is 0.151 e. The molecule has 2 rings (SSSR count). The fourth-order valence-electron chi connectivity index (χ4n) is 1.26. The van der Waals surface area contributed by atoms with Crippen molar-refractivity contribution in [1.29, 1.82) is 0 Å². The molecule has 5 nitrogen and oxygen atoms in total. The quantitative estimate of drug-likeness (QED) is 0.742. The van der Waals surface area contributed by atoms with E-state index in [1.807, 2.05) is 12.1 Å². The lowest BCUT2D eigenvalue weighted by atomic mass is 10.2. The maximum atomic E-state index is 10.9. The van der Waals surface area contributed by atoms with Gasteiger partial charge in [0.1, 0.15) is 12.2 Å². The van der Waals surface area contributed by atoms with Crippen molar-refractivity contribution in [1.82, 2.24) is 20.0 Å². The molecule has 0 aliphatic heterocycles. The van der Waals surface area contributed by atoms with Gasteiger partial charge in [0.15, 0.2) is 5.78 Å². The molecular formula is C10H10N4O. The zero-order valence-corrected chi connectivity index (χ0v) is 8.29. The zero-order valence-electron chi connectivity index (χ0n) is 8.29. The standard InChI is InChI=1S/C10H10N4O/c1-8(15)6-14-7-10(12-13-14)9-2-4-11-5-3-9/h2-5,7H,6H2,1H3. The molecule has 0 N–H and O–H groups in total. The van der Waals surface area contributed by atoms with Crippen molar-refractivity contribution in [3.05, 3.63) is 30.7 Å². The first kappa shape index (κ1) is 9.51. The van der Waals surface area contributed by atoms with Gasteiger partial charge >= 0.3 is 0 Å². The third-order valence-electron chi connectivity index (χ3n) is 1.90. The number of rotatable bonds is 3. The SMILES string of the molecule is CC(=O)Cn1cc(-c2ccncc2)nn1. The molecule has 2 aromatic rings. The lowest BCUT2D eigenvalue weighted by Gasteiger charge is -1.93. The Hall–Kier alpha value is -2.04. The molecule has 0 amide bonds. The minimum absolute atomic E-state index is 0.0566. The van der Waals surface area contributed by atoms with Gasteiger partial charge in [-0.25, -0.2) is 4.68 Å². The minimum atomic E-state index is 0.0566. The van der Waals surface area contributed by atoms with Crippen LogP contribution in [0.25, 0.3) is 11.3 Å². The second-order valence-electron chi connectivity index (χ2n) is 3.24. The number of pyridine rings is 1. The fraction of sp³-hybridized carbons (Fsp3) is 0.200. The predicted octanol–water partition coefficient (Wildman–Crippen LogP) is 0.929. The summed E-state index contributed by atoms with van der Waals surface area (Å²) < 4.78 is 1.53. The van der Waals surface area contributed by atoms with Crippen LogP contribution < -0.4 is 0 Å². The van der Waals surface area contributed by atoms with Crippen LogP contribution in [0, 0.1) is 0 Å². The molecule has 0 aliphatic carbocycles. The molecule has 0 fully saturated rings. The van der Waals surface area contributed by atoms with E-state index in [4.69, 9.17) is 0 Å². The van der Waals surface area contributed by atoms with E-state index in [0.29, 0.717) is 0 Å². The molecule has 0 saturated carbocycles. The van der Waals surface area contributed by atoms with Crippen molar-refractivity contribution in [2.45, 2.75) is 13.5 Å². The number of aromatic nitrogens is 4. The molecule has 5 heteroatoms. The number of ketones is 1. The van der Waals surface area contributed by atoms with Crippen LogP contribution in [0.2, 0.25) is 0 Å². The first-order chi connectivity index (χ1) is 7.25. The van der Waals surface area contributed by atoms with E-state index in [1.165, 1.54) is 11.6 Å². The molecule has 0 spiro atoms. The second kappa shape index (κ2) is 4.00. The van der Waals surface area contributed by atoms with E-state index in [2.05, 4.69) is 15.3 Å². The van der Waals surface area contributed by atoms with E-state index < -0.39 is 0 Å². The van der Waals surface area contributed by atoms with Gasteiger partial charge in [0.05, 0.1) is 6.20 Å². The number of hydrogen-bond donors (Lipinski definition) is 0. The number of Topliss-reactive ketones (excluding diaryl/α,β-unsaturated/α-hetero) is 1. The van der Waals surface area contributed by atoms with Crippen LogP contribution in [0.5, 0.6) is 0 Å². The lowest BCUT2D eigenvalue weighted by molar-refractivity contribution is -0.117. The molecule has 76 valence electrons. The van der Waals surface area contributed by atoms with Gasteiger partial charge in [0.25, 0.3) is 0 Å². The van der Waals surface area contributed by atoms with Crippen LogP contribution in [-0.2, 0) is 11.3 Å². The molecule has 0 saturated heterocycles. The molecule has 0 aromatic carbocycles. The maximum absolute atomic E-state index is 10.9. The Morgan fingerprint density at radius 2 is 2.13 bits per heavy atom. The molecule has 0 radical (unpaired) electrons. The average Bonchev–Trinajstić information content (AvgIpc) is 2.67. The summed E-state index contributed by atoms with van der Waals surface area (Å²) in [6, 6.07) is 3.70. The molecule has 0 aliphatic rings. The monoisotopic (exact) mass is 202 g/mol. The van der Waals surface area contributed by atoms with Gasteiger partial charge in [-0.2, -0.15) is 0 Å². The van der Waals surface area contributed by atoms with E-state index in [-0.39, 0.29) is 12.3 Å². The number of nitrogens with zero attached hydrogens (tertiary/aromatic N) is 4. The van der Waals surface area contributed by atoms with Crippen molar-refractivity contribution >= 4 is 5.78 Å². The summed E-state index contributed by atoms with van der Waals surface area (Å²) >= 11 is 0. The van der Waals surface area contributed by atoms with Crippen molar-refractivity contribution < 1.29 is 4.79 Å². The van der Waals surface area contributed by atoms with E-state index in [0.717, 1.165) is 11.3 Å². The van der Waals surface area contributed by atoms with Crippen LogP contribution in [0.4, 0.5) is 0 Å². The lowest BCUT2D eigenvalue weighted by Crippen LogP contribution is -2.06. The van der Waals surface area contributed by atoms with Crippen molar-refractivity contribution in [3.63, 3.8) is 0 Å². The Kier molecular flexibility index (Phi) is 2.53. The fourth-order valence-corrected chi connectivity index (χ4v) is 1.26. The Morgan fingerprint density at radius 3 is 2.80 bits per heavy atom. The predicted molar refractivity (Wildman–Crippen MR) is 53.9 cm³/mol. The maximum Gasteiger partial charge on any atom is 0.151 e. The summed E-state index contributed by atoms with van der Waals surface area (Å²) in [6.07, 6.45) is 5.13. The summed E-state index contributed by atoms with van der Waals surface area (Å²) in [5, 5.41) is 7.83. The van der Waals surface area contributed by atoms with Gasteiger partial charge in [-0.15, -0.1) is 5.10 Å². The molecule has 15 heavy (non-hydrogen) atoms. The molecule has 0 bridgehead atoms. The highest BCUT2D eigenvalue weighted by Gasteiger charge is 2.04. The Labute approximate surface area is 86.8 Å². The van der Waals surface area contributed by atoms with Crippen molar-refractivity contribution in [2.24, 2.45) is 0 Å². The number of hydrogen-bond acceptors (Lipinski definition) is 4. The first-order valence-electron chi connectivity index (χ1n) is 4.55. The van der Waals surface area contributed by atoms with Crippen LogP contribution >= 0.6 is 0 Å². The third-order valence-corrected chi connectivity index (χ3v) is 1.90. The molecule has 0 atom stereocenters. The van der Waals surface area contributed by atoms with E-state index >= 15 is 0 Å². The molecule has 2 aromatic heterocycles. The van der Waals surface area contributed by atoms with Gasteiger partial charge in [0, 0.05) is 18.0 Å². The summed E-state index contributed by atoms with van der Waals surface area (Å²) in [6.45, 7) is 1.78. The van der Waals surface area contributed by atoms with Crippen LogP contribution in [0.15, 0.2) is 30.7 Å². The van der Waals surface area contributed by atoms with Gasteiger partial charge in [-0.05, 0) is 19.1 Å². The Bertz CT molecular complexity index is 463. The normalized spacial score (nSPS) is 10.2. The van der Waals surface area contributed by atoms with Gasteiger partial charge < -0.3 is 0 Å². The largest absolute Gasteiger partial charge is 0.298 e.